The molecule has 0 saturated heterocycles. The summed E-state index contributed by atoms with van der Waals surface area (Å²) in [6, 6.07) is 13.9. The largest absolute Gasteiger partial charge is 0.483 e. The molecule has 0 aliphatic heterocycles. The average Bonchev–Trinajstić information content (AvgIpc) is 3.14. The number of nitro benzene ring substituents is 1. The monoisotopic (exact) mass is 411 g/mol. The first-order chi connectivity index (χ1) is 13.7. The Balaban J connectivity index is 1.65. The van der Waals surface area contributed by atoms with E-state index in [1.807, 2.05) is 24.3 Å². The fourth-order valence-corrected chi connectivity index (χ4v) is 3.49. The Morgan fingerprint density at radius 1 is 1.21 bits per heavy atom. The summed E-state index contributed by atoms with van der Waals surface area (Å²) in [5, 5.41) is 15.8. The molecule has 1 heterocycles. The zero-order valence-corrected chi connectivity index (χ0v) is 17.2. The molecule has 29 heavy (non-hydrogen) atoms. The van der Waals surface area contributed by atoms with Gasteiger partial charge < -0.3 is 4.74 Å². The SMILES string of the molecule is CC(C)(C)c1ccccc1OCC(=O)Nc1nc(-c2cccc([N+](=O)[O-])c2)cs1. The van der Waals surface area contributed by atoms with Crippen LogP contribution in [0.3, 0.4) is 0 Å². The summed E-state index contributed by atoms with van der Waals surface area (Å²) in [4.78, 5) is 27.1. The maximum absolute atomic E-state index is 12.3. The number of amides is 1. The fourth-order valence-electron chi connectivity index (χ4n) is 2.75. The van der Waals surface area contributed by atoms with E-state index in [2.05, 4.69) is 31.1 Å². The molecular weight excluding hydrogens is 390 g/mol. The normalized spacial score (nSPS) is 11.1. The molecule has 3 aromatic rings. The van der Waals surface area contributed by atoms with Gasteiger partial charge in [-0.1, -0.05) is 51.1 Å². The Labute approximate surface area is 172 Å². The van der Waals surface area contributed by atoms with E-state index >= 15 is 0 Å². The molecule has 1 aromatic heterocycles. The topological polar surface area (TPSA) is 94.4 Å². The summed E-state index contributed by atoms with van der Waals surface area (Å²) >= 11 is 1.25. The first kappa shape index (κ1) is 20.5. The number of para-hydroxylation sites is 1. The molecule has 8 heteroatoms. The summed E-state index contributed by atoms with van der Waals surface area (Å²) in [5.74, 6) is 0.347. The van der Waals surface area contributed by atoms with Gasteiger partial charge in [-0.05, 0) is 17.0 Å². The lowest BCUT2D eigenvalue weighted by Crippen LogP contribution is -2.21. The summed E-state index contributed by atoms with van der Waals surface area (Å²) in [5.41, 5.74) is 2.09. The number of non-ortho nitro benzene ring substituents is 1. The molecule has 1 amide bonds. The molecule has 0 bridgehead atoms. The number of aromatic nitrogens is 1. The second-order valence-corrected chi connectivity index (χ2v) is 8.29. The van der Waals surface area contributed by atoms with E-state index in [1.165, 1.54) is 23.5 Å². The number of nitrogens with zero attached hydrogens (tertiary/aromatic N) is 2. The minimum absolute atomic E-state index is 0.00741. The highest BCUT2D eigenvalue weighted by Crippen LogP contribution is 2.31. The van der Waals surface area contributed by atoms with Crippen LogP contribution in [0.5, 0.6) is 5.75 Å². The van der Waals surface area contributed by atoms with Crippen molar-refractivity contribution in [2.45, 2.75) is 26.2 Å². The van der Waals surface area contributed by atoms with E-state index in [0.717, 1.165) is 5.56 Å². The molecule has 150 valence electrons. The van der Waals surface area contributed by atoms with Crippen molar-refractivity contribution < 1.29 is 14.5 Å². The molecule has 0 atom stereocenters. The molecular formula is C21H21N3O4S. The first-order valence-electron chi connectivity index (χ1n) is 8.96. The smallest absolute Gasteiger partial charge is 0.270 e. The molecule has 2 aromatic carbocycles. The number of nitro groups is 1. The van der Waals surface area contributed by atoms with Crippen molar-refractivity contribution in [3.8, 4) is 17.0 Å². The Bertz CT molecular complexity index is 1040. The molecule has 0 saturated carbocycles. The molecule has 0 aliphatic carbocycles. The zero-order valence-electron chi connectivity index (χ0n) is 16.3. The lowest BCUT2D eigenvalue weighted by molar-refractivity contribution is -0.384. The van der Waals surface area contributed by atoms with Crippen LogP contribution in [0, 0.1) is 10.1 Å². The number of anilines is 1. The predicted octanol–water partition coefficient (Wildman–Crippen LogP) is 5.03. The van der Waals surface area contributed by atoms with Crippen LogP contribution >= 0.6 is 11.3 Å². The summed E-state index contributed by atoms with van der Waals surface area (Å²) in [7, 11) is 0. The quantitative estimate of drug-likeness (QED) is 0.453. The zero-order chi connectivity index (χ0) is 21.0. The van der Waals surface area contributed by atoms with Crippen molar-refractivity contribution in [2.24, 2.45) is 0 Å². The molecule has 0 spiro atoms. The van der Waals surface area contributed by atoms with Gasteiger partial charge >= 0.3 is 0 Å². The Hall–Kier alpha value is -3.26. The maximum Gasteiger partial charge on any atom is 0.270 e. The Morgan fingerprint density at radius 3 is 2.69 bits per heavy atom. The third-order valence-electron chi connectivity index (χ3n) is 4.16. The van der Waals surface area contributed by atoms with Crippen LogP contribution in [0.2, 0.25) is 0 Å². The number of hydrogen-bond acceptors (Lipinski definition) is 6. The van der Waals surface area contributed by atoms with E-state index in [4.69, 9.17) is 4.74 Å². The van der Waals surface area contributed by atoms with Gasteiger partial charge in [0.25, 0.3) is 11.6 Å². The van der Waals surface area contributed by atoms with Gasteiger partial charge in [-0.15, -0.1) is 11.3 Å². The minimum atomic E-state index is -0.453. The van der Waals surface area contributed by atoms with Gasteiger partial charge in [0.15, 0.2) is 11.7 Å². The van der Waals surface area contributed by atoms with Gasteiger partial charge in [-0.2, -0.15) is 0 Å². The number of ether oxygens (including phenoxy) is 1. The fraction of sp³-hybridized carbons (Fsp3) is 0.238. The van der Waals surface area contributed by atoms with Crippen molar-refractivity contribution in [1.82, 2.24) is 4.98 Å². The molecule has 3 rings (SSSR count). The van der Waals surface area contributed by atoms with E-state index < -0.39 is 4.92 Å². The number of nitrogens with one attached hydrogen (secondary N) is 1. The van der Waals surface area contributed by atoms with Gasteiger partial charge in [-0.3, -0.25) is 20.2 Å². The van der Waals surface area contributed by atoms with E-state index in [-0.39, 0.29) is 23.6 Å². The van der Waals surface area contributed by atoms with Gasteiger partial charge in [-0.25, -0.2) is 4.98 Å². The van der Waals surface area contributed by atoms with E-state index in [9.17, 15) is 14.9 Å². The van der Waals surface area contributed by atoms with Crippen LogP contribution in [-0.2, 0) is 10.2 Å². The average molecular weight is 411 g/mol. The summed E-state index contributed by atoms with van der Waals surface area (Å²) < 4.78 is 5.72. The number of carbonyl (C=O) groups is 1. The highest BCUT2D eigenvalue weighted by Gasteiger charge is 2.19. The maximum atomic E-state index is 12.3. The van der Waals surface area contributed by atoms with Crippen LogP contribution in [0.1, 0.15) is 26.3 Å². The summed E-state index contributed by atoms with van der Waals surface area (Å²) in [6.45, 7) is 6.11. The van der Waals surface area contributed by atoms with Gasteiger partial charge in [0.05, 0.1) is 10.6 Å². The van der Waals surface area contributed by atoms with E-state index in [1.54, 1.807) is 17.5 Å². The van der Waals surface area contributed by atoms with Gasteiger partial charge in [0.1, 0.15) is 5.75 Å². The Morgan fingerprint density at radius 2 is 1.97 bits per heavy atom. The van der Waals surface area contributed by atoms with Crippen LogP contribution in [-0.4, -0.2) is 22.4 Å². The number of rotatable bonds is 6. The summed E-state index contributed by atoms with van der Waals surface area (Å²) in [6.07, 6.45) is 0. The van der Waals surface area contributed by atoms with E-state index in [0.29, 0.717) is 22.1 Å². The molecule has 0 radical (unpaired) electrons. The third-order valence-corrected chi connectivity index (χ3v) is 4.91. The predicted molar refractivity (Wildman–Crippen MR) is 113 cm³/mol. The van der Waals surface area contributed by atoms with Crippen LogP contribution in [0.25, 0.3) is 11.3 Å². The number of carbonyl (C=O) groups excluding carboxylic acids is 1. The van der Waals surface area contributed by atoms with Crippen LogP contribution in [0.15, 0.2) is 53.9 Å². The van der Waals surface area contributed by atoms with Crippen molar-refractivity contribution in [2.75, 3.05) is 11.9 Å². The standard InChI is InChI=1S/C21H21N3O4S/c1-21(2,3)16-9-4-5-10-18(16)28-12-19(25)23-20-22-17(13-29-20)14-7-6-8-15(11-14)24(26)27/h4-11,13H,12H2,1-3H3,(H,22,23,25). The lowest BCUT2D eigenvalue weighted by atomic mass is 9.86. The van der Waals surface area contributed by atoms with Gasteiger partial charge in [0.2, 0.25) is 0 Å². The molecule has 0 fully saturated rings. The van der Waals surface area contributed by atoms with Crippen molar-refractivity contribution in [3.05, 3.63) is 69.6 Å². The highest BCUT2D eigenvalue weighted by atomic mass is 32.1. The number of benzene rings is 2. The van der Waals surface area contributed by atoms with Crippen molar-refractivity contribution >= 4 is 28.1 Å². The number of hydrogen-bond donors (Lipinski definition) is 1. The van der Waals surface area contributed by atoms with Gasteiger partial charge in [0, 0.05) is 23.1 Å². The lowest BCUT2D eigenvalue weighted by Gasteiger charge is -2.22. The second-order valence-electron chi connectivity index (χ2n) is 7.43. The number of thiazole rings is 1. The third kappa shape index (κ3) is 5.17. The molecule has 0 unspecified atom stereocenters. The van der Waals surface area contributed by atoms with Crippen LogP contribution < -0.4 is 10.1 Å². The Kier molecular flexibility index (Phi) is 5.93. The highest BCUT2D eigenvalue weighted by molar-refractivity contribution is 7.14. The first-order valence-corrected chi connectivity index (χ1v) is 9.84. The van der Waals surface area contributed by atoms with Crippen LogP contribution in [0.4, 0.5) is 10.8 Å². The second kappa shape index (κ2) is 8.40. The molecule has 7 nitrogen and oxygen atoms in total. The molecule has 0 aliphatic rings. The minimum Gasteiger partial charge on any atom is -0.483 e. The molecule has 1 N–H and O–H groups in total. The van der Waals surface area contributed by atoms with Crippen molar-refractivity contribution in [1.29, 1.82) is 0 Å². The van der Waals surface area contributed by atoms with Crippen molar-refractivity contribution in [3.63, 3.8) is 0 Å².